The van der Waals surface area contributed by atoms with Gasteiger partial charge in [-0.3, -0.25) is 14.4 Å². The summed E-state index contributed by atoms with van der Waals surface area (Å²) in [4.78, 5) is 48.3. The van der Waals surface area contributed by atoms with E-state index < -0.39 is 23.9 Å². The number of ether oxygens (including phenoxy) is 4. The normalized spacial score (nSPS) is 10.2. The van der Waals surface area contributed by atoms with Gasteiger partial charge in [-0.15, -0.1) is 0 Å². The van der Waals surface area contributed by atoms with Crippen LogP contribution in [0.15, 0.2) is 36.4 Å². The van der Waals surface area contributed by atoms with Crippen molar-refractivity contribution < 1.29 is 43.2 Å². The molecule has 0 fully saturated rings. The minimum atomic E-state index is -0.843. The van der Waals surface area contributed by atoms with Crippen molar-refractivity contribution in [3.63, 3.8) is 0 Å². The number of benzene rings is 2. The van der Waals surface area contributed by atoms with Crippen LogP contribution in [-0.2, 0) is 25.7 Å². The van der Waals surface area contributed by atoms with E-state index in [9.17, 15) is 24.3 Å². The fourth-order valence-electron chi connectivity index (χ4n) is 2.38. The molecule has 0 aliphatic heterocycles. The average molecular weight is 444 g/mol. The topological polar surface area (TPSA) is 125 Å². The number of hydrogen-bond acceptors (Lipinski definition) is 9. The predicted molar refractivity (Wildman–Crippen MR) is 111 cm³/mol. The van der Waals surface area contributed by atoms with Gasteiger partial charge >= 0.3 is 23.9 Å². The minimum absolute atomic E-state index is 0.00664. The van der Waals surface area contributed by atoms with Gasteiger partial charge in [-0.2, -0.15) is 0 Å². The monoisotopic (exact) mass is 444 g/mol. The summed E-state index contributed by atoms with van der Waals surface area (Å²) in [5, 5.41) is 9.82. The Morgan fingerprint density at radius 1 is 0.781 bits per heavy atom. The second-order valence-electron chi connectivity index (χ2n) is 6.49. The van der Waals surface area contributed by atoms with Gasteiger partial charge in [-0.1, -0.05) is 39.0 Å². The van der Waals surface area contributed by atoms with Crippen LogP contribution in [0.25, 0.3) is 0 Å². The van der Waals surface area contributed by atoms with Crippen LogP contribution in [0.4, 0.5) is 0 Å². The highest BCUT2D eigenvalue weighted by Gasteiger charge is 2.24. The summed E-state index contributed by atoms with van der Waals surface area (Å²) in [6.07, 6.45) is 0.0209. The van der Waals surface area contributed by atoms with Crippen LogP contribution in [0.1, 0.15) is 56.0 Å². The first-order valence-corrected chi connectivity index (χ1v) is 10.0. The molecule has 170 valence electrons. The first kappa shape index (κ1) is 24.4. The van der Waals surface area contributed by atoms with Crippen LogP contribution in [0.3, 0.4) is 0 Å². The molecular formula is C23H24O9. The third-order valence-corrected chi connectivity index (χ3v) is 4.14. The van der Waals surface area contributed by atoms with Gasteiger partial charge in [0.2, 0.25) is 5.75 Å². The number of carbonyl (C=O) groups is 4. The van der Waals surface area contributed by atoms with Gasteiger partial charge in [0, 0.05) is 24.8 Å². The highest BCUT2D eigenvalue weighted by Crippen LogP contribution is 2.40. The van der Waals surface area contributed by atoms with Gasteiger partial charge < -0.3 is 24.1 Å². The van der Waals surface area contributed by atoms with Gasteiger partial charge in [0.1, 0.15) is 12.4 Å². The lowest BCUT2D eigenvalue weighted by Gasteiger charge is -2.16. The molecule has 0 atom stereocenters. The summed E-state index contributed by atoms with van der Waals surface area (Å²) in [7, 11) is 0. The Morgan fingerprint density at radius 2 is 1.28 bits per heavy atom. The summed E-state index contributed by atoms with van der Waals surface area (Å²) >= 11 is 0. The molecule has 0 radical (unpaired) electrons. The Balaban J connectivity index is 2.45. The highest BCUT2D eigenvalue weighted by atomic mass is 16.6. The van der Waals surface area contributed by atoms with Crippen LogP contribution >= 0.6 is 0 Å². The summed E-state index contributed by atoms with van der Waals surface area (Å²) in [6, 6.07) is 8.64. The highest BCUT2D eigenvalue weighted by molar-refractivity contribution is 5.92. The van der Waals surface area contributed by atoms with Gasteiger partial charge in [-0.05, 0) is 18.2 Å². The Hall–Kier alpha value is -3.88. The van der Waals surface area contributed by atoms with Crippen molar-refractivity contribution in [2.24, 2.45) is 0 Å². The number of rotatable bonds is 9. The van der Waals surface area contributed by atoms with Crippen molar-refractivity contribution in [2.45, 2.75) is 46.6 Å². The third-order valence-electron chi connectivity index (χ3n) is 4.14. The second-order valence-corrected chi connectivity index (χ2v) is 6.49. The van der Waals surface area contributed by atoms with E-state index in [1.54, 1.807) is 39.0 Å². The molecule has 0 unspecified atom stereocenters. The molecule has 0 aliphatic rings. The molecule has 2 rings (SSSR count). The van der Waals surface area contributed by atoms with E-state index in [1.807, 2.05) is 0 Å². The maximum atomic E-state index is 12.6. The Kier molecular flexibility index (Phi) is 8.76. The molecule has 9 heteroatoms. The molecule has 0 aromatic heterocycles. The first-order chi connectivity index (χ1) is 15.3. The van der Waals surface area contributed by atoms with Crippen molar-refractivity contribution in [1.29, 1.82) is 0 Å². The van der Waals surface area contributed by atoms with Gasteiger partial charge in [-0.25, -0.2) is 4.79 Å². The fourth-order valence-corrected chi connectivity index (χ4v) is 2.38. The Labute approximate surface area is 184 Å². The van der Waals surface area contributed by atoms with Crippen molar-refractivity contribution in [3.05, 3.63) is 47.5 Å². The molecule has 0 amide bonds. The summed E-state index contributed by atoms with van der Waals surface area (Å²) in [6.45, 7) is 4.44. The molecule has 0 aliphatic carbocycles. The number of phenolic OH excluding ortho intramolecular Hbond substituents is 1. The number of carbonyl (C=O) groups excluding carboxylic acids is 4. The standard InChI is InChI=1S/C23H24O9/c1-4-19(25)30-17-11-15(23(28)29-13-14-9-7-8-10-16(14)24)12-18(31-20(26)5-2)22(17)32-21(27)6-3/h7-12,24H,4-6,13H2,1-3H3. The molecule has 0 saturated heterocycles. The Morgan fingerprint density at radius 3 is 1.78 bits per heavy atom. The average Bonchev–Trinajstić information content (AvgIpc) is 2.79. The zero-order valence-electron chi connectivity index (χ0n) is 18.0. The predicted octanol–water partition coefficient (Wildman–Crippen LogP) is 3.70. The van der Waals surface area contributed by atoms with E-state index in [0.29, 0.717) is 5.56 Å². The zero-order valence-corrected chi connectivity index (χ0v) is 18.0. The molecule has 0 heterocycles. The molecule has 0 saturated carbocycles. The number of phenols is 1. The number of aromatic hydroxyl groups is 1. The quantitative estimate of drug-likeness (QED) is 0.455. The first-order valence-electron chi connectivity index (χ1n) is 10.0. The van der Waals surface area contributed by atoms with Crippen LogP contribution in [0.2, 0.25) is 0 Å². The van der Waals surface area contributed by atoms with Gasteiger partial charge in [0.25, 0.3) is 0 Å². The largest absolute Gasteiger partial charge is 0.508 e. The van der Waals surface area contributed by atoms with E-state index in [2.05, 4.69) is 0 Å². The van der Waals surface area contributed by atoms with Crippen molar-refractivity contribution in [2.75, 3.05) is 0 Å². The lowest BCUT2D eigenvalue weighted by Crippen LogP contribution is -2.15. The number of para-hydroxylation sites is 1. The van der Waals surface area contributed by atoms with E-state index in [0.717, 1.165) is 12.1 Å². The van der Waals surface area contributed by atoms with Crippen LogP contribution in [0, 0.1) is 0 Å². The molecule has 32 heavy (non-hydrogen) atoms. The minimum Gasteiger partial charge on any atom is -0.508 e. The number of esters is 4. The van der Waals surface area contributed by atoms with Gasteiger partial charge in [0.15, 0.2) is 11.5 Å². The Bertz CT molecular complexity index is 971. The third kappa shape index (κ3) is 6.56. The summed E-state index contributed by atoms with van der Waals surface area (Å²) in [5.74, 6) is -3.71. The summed E-state index contributed by atoms with van der Waals surface area (Å²) < 4.78 is 20.9. The van der Waals surface area contributed by atoms with Crippen LogP contribution in [-0.4, -0.2) is 29.0 Å². The van der Waals surface area contributed by atoms with Crippen molar-refractivity contribution >= 4 is 23.9 Å². The number of hydrogen-bond donors (Lipinski definition) is 1. The lowest BCUT2D eigenvalue weighted by molar-refractivity contribution is -0.137. The van der Waals surface area contributed by atoms with E-state index in [4.69, 9.17) is 18.9 Å². The fraction of sp³-hybridized carbons (Fsp3) is 0.304. The molecule has 0 spiro atoms. The smallest absolute Gasteiger partial charge is 0.338 e. The van der Waals surface area contributed by atoms with Gasteiger partial charge in [0.05, 0.1) is 5.56 Å². The van der Waals surface area contributed by atoms with E-state index in [1.165, 1.54) is 6.07 Å². The lowest BCUT2D eigenvalue weighted by atomic mass is 10.1. The maximum absolute atomic E-state index is 12.6. The molecule has 1 N–H and O–H groups in total. The molecule has 2 aromatic carbocycles. The second kappa shape index (κ2) is 11.5. The molecular weight excluding hydrogens is 420 g/mol. The molecule has 9 nitrogen and oxygen atoms in total. The van der Waals surface area contributed by atoms with E-state index >= 15 is 0 Å². The molecule has 2 aromatic rings. The summed E-state index contributed by atoms with van der Waals surface area (Å²) in [5.41, 5.74) is 0.263. The van der Waals surface area contributed by atoms with Crippen molar-refractivity contribution in [3.8, 4) is 23.0 Å². The van der Waals surface area contributed by atoms with E-state index in [-0.39, 0.29) is 54.4 Å². The SMILES string of the molecule is CCC(=O)Oc1cc(C(=O)OCc2ccccc2O)cc(OC(=O)CC)c1OC(=O)CC. The zero-order chi connectivity index (χ0) is 23.7. The van der Waals surface area contributed by atoms with Crippen molar-refractivity contribution in [1.82, 2.24) is 0 Å². The van der Waals surface area contributed by atoms with Crippen LogP contribution in [0.5, 0.6) is 23.0 Å². The molecule has 0 bridgehead atoms. The maximum Gasteiger partial charge on any atom is 0.338 e. The van der Waals surface area contributed by atoms with Crippen LogP contribution < -0.4 is 14.2 Å².